The summed E-state index contributed by atoms with van der Waals surface area (Å²) in [5, 5.41) is 0. The van der Waals surface area contributed by atoms with Crippen LogP contribution in [0, 0.1) is 0 Å². The fourth-order valence-corrected chi connectivity index (χ4v) is 17.3. The molecule has 1 unspecified atom stereocenters. The van der Waals surface area contributed by atoms with Gasteiger partial charge in [-0.05, 0) is 72.3 Å². The van der Waals surface area contributed by atoms with Crippen molar-refractivity contribution in [2.75, 3.05) is 26.4 Å². The maximum atomic E-state index is 11.1. The fraction of sp³-hybridized carbons (Fsp3) is 0.850. The smallest absolute Gasteiger partial charge is 0.460 e. The van der Waals surface area contributed by atoms with Gasteiger partial charge in [-0.25, -0.2) is 4.79 Å². The minimum atomic E-state index is -2.80. The molecule has 0 fully saturated rings. The molecule has 7 nitrogen and oxygen atoms in total. The Labute approximate surface area is 194 Å². The van der Waals surface area contributed by atoms with Gasteiger partial charge in [0.25, 0.3) is 0 Å². The van der Waals surface area contributed by atoms with Gasteiger partial charge in [0.2, 0.25) is 0 Å². The lowest BCUT2D eigenvalue weighted by molar-refractivity contribution is -0.141. The van der Waals surface area contributed by atoms with Crippen LogP contribution in [0.1, 0.15) is 13.3 Å². The zero-order valence-electron chi connectivity index (χ0n) is 21.5. The summed E-state index contributed by atoms with van der Waals surface area (Å²) in [6.45, 7) is 26.7. The highest BCUT2D eigenvalue weighted by Gasteiger charge is 2.49. The van der Waals surface area contributed by atoms with E-state index in [2.05, 4.69) is 65.5 Å². The third kappa shape index (κ3) is 18.0. The monoisotopic (exact) mass is 510 g/mol. The van der Waals surface area contributed by atoms with Gasteiger partial charge in [-0.2, -0.15) is 0 Å². The zero-order valence-corrected chi connectivity index (χ0v) is 25.5. The normalized spacial score (nSPS) is 14.4. The van der Waals surface area contributed by atoms with E-state index >= 15 is 0 Å². The van der Waals surface area contributed by atoms with E-state index in [-0.39, 0.29) is 12.7 Å². The molecule has 0 spiro atoms. The maximum absolute atomic E-state index is 11.1. The van der Waals surface area contributed by atoms with Crippen LogP contribution in [0.15, 0.2) is 12.7 Å². The molecule has 0 aliphatic carbocycles. The van der Waals surface area contributed by atoms with Crippen LogP contribution in [-0.4, -0.2) is 72.3 Å². The summed E-state index contributed by atoms with van der Waals surface area (Å²) in [6, 6.07) is 0.764. The van der Waals surface area contributed by atoms with Crippen LogP contribution < -0.4 is 0 Å². The van der Waals surface area contributed by atoms with Gasteiger partial charge in [0.1, 0.15) is 6.61 Å². The van der Waals surface area contributed by atoms with Crippen LogP contribution in [0.4, 0.5) is 0 Å². The van der Waals surface area contributed by atoms with Gasteiger partial charge in [0.15, 0.2) is 25.0 Å². The second-order valence-corrected chi connectivity index (χ2v) is 27.5. The average molecular weight is 511 g/mol. The predicted molar refractivity (Wildman–Crippen MR) is 136 cm³/mol. The summed E-state index contributed by atoms with van der Waals surface area (Å²) in [5.41, 5.74) is 0. The summed E-state index contributed by atoms with van der Waals surface area (Å²) < 4.78 is 36.3. The minimum absolute atomic E-state index is 0.187. The lowest BCUT2D eigenvalue weighted by atomic mass is 10.4. The number of carbonyl (C=O) groups is 1. The molecule has 0 aliphatic rings. The van der Waals surface area contributed by atoms with Crippen LogP contribution >= 0.6 is 0 Å². The fourth-order valence-electron chi connectivity index (χ4n) is 2.72. The predicted octanol–water partition coefficient (Wildman–Crippen LogP) is 5.02. The number of hydrogen-bond donors (Lipinski definition) is 0. The Morgan fingerprint density at radius 2 is 1.32 bits per heavy atom. The first kappa shape index (κ1) is 30.9. The quantitative estimate of drug-likeness (QED) is 0.118. The average Bonchev–Trinajstić information content (AvgIpc) is 2.53. The highest BCUT2D eigenvalue weighted by molar-refractivity contribution is 6.90. The van der Waals surface area contributed by atoms with Gasteiger partial charge < -0.3 is 26.6 Å². The van der Waals surface area contributed by atoms with Crippen LogP contribution in [0.2, 0.25) is 65.0 Å². The number of hydrogen-bond acceptors (Lipinski definition) is 7. The standard InChI is InChI=1S/C20H46O7Si4/c1-12-20(21)24-18-19(2)23-16-15-22-14-13-17-31(25-28(3,4)5,26-29(6,7)8)27-30(9,10)11/h12,19H,1,13-18H2,2-11H3. The summed E-state index contributed by atoms with van der Waals surface area (Å²) in [7, 11) is -8.35. The van der Waals surface area contributed by atoms with Crippen molar-refractivity contribution in [2.24, 2.45) is 0 Å². The topological polar surface area (TPSA) is 72.5 Å². The minimum Gasteiger partial charge on any atom is -0.460 e. The van der Waals surface area contributed by atoms with Crippen LogP contribution in [0.3, 0.4) is 0 Å². The first-order chi connectivity index (χ1) is 14.0. The maximum Gasteiger partial charge on any atom is 0.469 e. The van der Waals surface area contributed by atoms with E-state index < -0.39 is 39.7 Å². The number of ether oxygens (including phenoxy) is 3. The van der Waals surface area contributed by atoms with E-state index in [4.69, 9.17) is 26.6 Å². The molecular weight excluding hydrogens is 465 g/mol. The van der Waals surface area contributed by atoms with Gasteiger partial charge in [-0.15, -0.1) is 0 Å². The summed E-state index contributed by atoms with van der Waals surface area (Å²) in [4.78, 5) is 11.1. The Bertz CT molecular complexity index is 498. The van der Waals surface area contributed by atoms with Crippen molar-refractivity contribution >= 4 is 39.7 Å². The van der Waals surface area contributed by atoms with Crippen LogP contribution in [0.5, 0.6) is 0 Å². The lowest BCUT2D eigenvalue weighted by Crippen LogP contribution is -2.60. The van der Waals surface area contributed by atoms with Gasteiger partial charge in [0.05, 0.1) is 19.3 Å². The van der Waals surface area contributed by atoms with E-state index in [1.807, 2.05) is 6.92 Å². The molecule has 0 radical (unpaired) electrons. The Morgan fingerprint density at radius 1 is 0.839 bits per heavy atom. The van der Waals surface area contributed by atoms with E-state index in [0.29, 0.717) is 19.8 Å². The molecule has 0 bridgehead atoms. The molecule has 0 amide bonds. The molecule has 0 saturated carbocycles. The van der Waals surface area contributed by atoms with E-state index in [1.54, 1.807) is 0 Å². The summed E-state index contributed by atoms with van der Waals surface area (Å²) in [6.07, 6.45) is 1.77. The number of rotatable bonds is 17. The zero-order chi connectivity index (χ0) is 24.3. The number of esters is 1. The molecule has 11 heteroatoms. The molecule has 0 rings (SSSR count). The summed E-state index contributed by atoms with van der Waals surface area (Å²) in [5.74, 6) is -0.444. The molecule has 0 heterocycles. The largest absolute Gasteiger partial charge is 0.469 e. The molecule has 184 valence electrons. The third-order valence-electron chi connectivity index (χ3n) is 3.41. The van der Waals surface area contributed by atoms with Gasteiger partial charge in [0, 0.05) is 18.7 Å². The molecule has 1 atom stereocenters. The molecule has 0 aromatic rings. The third-order valence-corrected chi connectivity index (χ3v) is 15.5. The Morgan fingerprint density at radius 3 is 1.74 bits per heavy atom. The molecule has 0 aromatic carbocycles. The van der Waals surface area contributed by atoms with Crippen LogP contribution in [0.25, 0.3) is 0 Å². The van der Waals surface area contributed by atoms with Crippen molar-refractivity contribution in [1.82, 2.24) is 0 Å². The van der Waals surface area contributed by atoms with E-state index in [0.717, 1.165) is 18.5 Å². The van der Waals surface area contributed by atoms with Crippen molar-refractivity contribution in [3.8, 4) is 0 Å². The van der Waals surface area contributed by atoms with Crippen molar-refractivity contribution < 1.29 is 31.4 Å². The van der Waals surface area contributed by atoms with Crippen molar-refractivity contribution in [3.05, 3.63) is 12.7 Å². The lowest BCUT2D eigenvalue weighted by Gasteiger charge is -2.42. The first-order valence-electron chi connectivity index (χ1n) is 11.1. The molecule has 0 N–H and O–H groups in total. The Balaban J connectivity index is 4.65. The van der Waals surface area contributed by atoms with Crippen LogP contribution in [-0.2, 0) is 31.4 Å². The highest BCUT2D eigenvalue weighted by Crippen LogP contribution is 2.29. The van der Waals surface area contributed by atoms with Gasteiger partial charge in [-0.3, -0.25) is 0 Å². The highest BCUT2D eigenvalue weighted by atomic mass is 28.5. The molecule has 0 saturated heterocycles. The first-order valence-corrected chi connectivity index (χ1v) is 23.2. The van der Waals surface area contributed by atoms with Crippen molar-refractivity contribution in [3.63, 3.8) is 0 Å². The molecule has 0 aliphatic heterocycles. The molecular formula is C20H46O7Si4. The second-order valence-electron chi connectivity index (χ2n) is 10.6. The second kappa shape index (κ2) is 13.6. The van der Waals surface area contributed by atoms with E-state index in [9.17, 15) is 4.79 Å². The van der Waals surface area contributed by atoms with Gasteiger partial charge in [-0.1, -0.05) is 6.58 Å². The SMILES string of the molecule is C=CC(=O)OCC(C)OCCOCCC[Si](O[Si](C)(C)C)(O[Si](C)(C)C)O[Si](C)(C)C. The Hall–Kier alpha value is -0.122. The summed E-state index contributed by atoms with van der Waals surface area (Å²) >= 11 is 0. The number of carbonyl (C=O) groups excluding carboxylic acids is 1. The van der Waals surface area contributed by atoms with Crippen molar-refractivity contribution in [2.45, 2.75) is 84.4 Å². The van der Waals surface area contributed by atoms with E-state index in [1.165, 1.54) is 0 Å². The molecule has 31 heavy (non-hydrogen) atoms. The van der Waals surface area contributed by atoms with Crippen molar-refractivity contribution in [1.29, 1.82) is 0 Å². The molecule has 0 aromatic heterocycles. The van der Waals surface area contributed by atoms with Gasteiger partial charge >= 0.3 is 14.8 Å². The Kier molecular flexibility index (Phi) is 13.5.